The van der Waals surface area contributed by atoms with Crippen molar-refractivity contribution in [3.05, 3.63) is 29.3 Å². The molecule has 6 nitrogen and oxygen atoms in total. The fourth-order valence-electron chi connectivity index (χ4n) is 1.97. The maximum Gasteiger partial charge on any atom is 0.159 e. The van der Waals surface area contributed by atoms with E-state index in [2.05, 4.69) is 35.0 Å². The van der Waals surface area contributed by atoms with Gasteiger partial charge in [-0.1, -0.05) is 13.8 Å². The molecule has 0 aliphatic heterocycles. The Kier molecular flexibility index (Phi) is 4.68. The highest BCUT2D eigenvalue weighted by Crippen LogP contribution is 2.14. The first-order valence-electron chi connectivity index (χ1n) is 6.97. The summed E-state index contributed by atoms with van der Waals surface area (Å²) in [5.74, 6) is 1.71. The van der Waals surface area contributed by atoms with E-state index >= 15 is 0 Å². The van der Waals surface area contributed by atoms with Crippen LogP contribution in [0.15, 0.2) is 12.1 Å². The molecule has 0 fully saturated rings. The third-order valence-corrected chi connectivity index (χ3v) is 2.99. The maximum atomic E-state index is 5.85. The molecule has 0 radical (unpaired) electrons. The van der Waals surface area contributed by atoms with E-state index in [-0.39, 0.29) is 0 Å². The summed E-state index contributed by atoms with van der Waals surface area (Å²) >= 11 is 0. The summed E-state index contributed by atoms with van der Waals surface area (Å²) in [7, 11) is 0. The summed E-state index contributed by atoms with van der Waals surface area (Å²) in [6.07, 6.45) is 1.78. The quantitative estimate of drug-likeness (QED) is 0.871. The van der Waals surface area contributed by atoms with E-state index in [9.17, 15) is 0 Å². The highest BCUT2D eigenvalue weighted by Gasteiger charge is 2.11. The minimum atomic E-state index is 0.359. The van der Waals surface area contributed by atoms with Gasteiger partial charge in [-0.05, 0) is 25.8 Å². The van der Waals surface area contributed by atoms with Crippen LogP contribution in [0.5, 0.6) is 0 Å². The summed E-state index contributed by atoms with van der Waals surface area (Å²) in [4.78, 5) is 8.66. The van der Waals surface area contributed by atoms with Crippen molar-refractivity contribution in [2.24, 2.45) is 0 Å². The second kappa shape index (κ2) is 6.47. The third kappa shape index (κ3) is 3.14. The van der Waals surface area contributed by atoms with Crippen LogP contribution in [0, 0.1) is 0 Å². The van der Waals surface area contributed by atoms with Crippen LogP contribution in [0.2, 0.25) is 0 Å². The van der Waals surface area contributed by atoms with Gasteiger partial charge in [-0.2, -0.15) is 5.10 Å². The van der Waals surface area contributed by atoms with Crippen molar-refractivity contribution in [2.75, 3.05) is 12.3 Å². The van der Waals surface area contributed by atoms with E-state index < -0.39 is 0 Å². The molecule has 2 aromatic rings. The molecule has 0 aliphatic rings. The van der Waals surface area contributed by atoms with Gasteiger partial charge in [0.25, 0.3) is 0 Å². The number of aromatic nitrogens is 4. The number of hydrogen-bond donors (Lipinski definition) is 1. The lowest BCUT2D eigenvalue weighted by Crippen LogP contribution is -2.10. The lowest BCUT2D eigenvalue weighted by Gasteiger charge is -2.08. The SMILES string of the molecule is CCOCc1nc(N)cc(-n2nc(CC)cc2CC)n1. The number of nitrogen functional groups attached to an aromatic ring is 1. The molecule has 2 N–H and O–H groups in total. The zero-order chi connectivity index (χ0) is 14.5. The van der Waals surface area contributed by atoms with Gasteiger partial charge >= 0.3 is 0 Å². The first-order valence-corrected chi connectivity index (χ1v) is 6.97. The third-order valence-electron chi connectivity index (χ3n) is 2.99. The molecule has 6 heteroatoms. The molecule has 2 aromatic heterocycles. The van der Waals surface area contributed by atoms with Crippen LogP contribution in [0.3, 0.4) is 0 Å². The number of rotatable bonds is 6. The summed E-state index contributed by atoms with van der Waals surface area (Å²) in [6, 6.07) is 3.83. The average Bonchev–Trinajstić information content (AvgIpc) is 2.88. The highest BCUT2D eigenvalue weighted by molar-refractivity contribution is 5.38. The van der Waals surface area contributed by atoms with E-state index in [0.717, 1.165) is 24.2 Å². The zero-order valence-electron chi connectivity index (χ0n) is 12.3. The number of aryl methyl sites for hydroxylation is 2. The van der Waals surface area contributed by atoms with Crippen LogP contribution in [-0.2, 0) is 24.2 Å². The molecule has 0 aliphatic carbocycles. The predicted octanol–water partition coefficient (Wildman–Crippen LogP) is 1.91. The Labute approximate surface area is 119 Å². The number of nitrogens with two attached hydrogens (primary N) is 1. The highest BCUT2D eigenvalue weighted by atomic mass is 16.5. The van der Waals surface area contributed by atoms with Gasteiger partial charge in [-0.25, -0.2) is 14.6 Å². The van der Waals surface area contributed by atoms with Gasteiger partial charge < -0.3 is 10.5 Å². The summed E-state index contributed by atoms with van der Waals surface area (Å²) in [5, 5.41) is 4.56. The van der Waals surface area contributed by atoms with Crippen LogP contribution < -0.4 is 5.73 Å². The minimum Gasteiger partial charge on any atom is -0.384 e. The fourth-order valence-corrected chi connectivity index (χ4v) is 1.97. The first-order chi connectivity index (χ1) is 9.67. The van der Waals surface area contributed by atoms with Gasteiger partial charge in [0.15, 0.2) is 11.6 Å². The normalized spacial score (nSPS) is 10.9. The molecule has 0 aromatic carbocycles. The largest absolute Gasteiger partial charge is 0.384 e. The van der Waals surface area contributed by atoms with Crippen LogP contribution >= 0.6 is 0 Å². The molecule has 0 unspecified atom stereocenters. The van der Waals surface area contributed by atoms with Crippen LogP contribution in [0.4, 0.5) is 5.82 Å². The molecular weight excluding hydrogens is 254 g/mol. The maximum absolute atomic E-state index is 5.85. The van der Waals surface area contributed by atoms with E-state index in [4.69, 9.17) is 10.5 Å². The molecule has 0 bridgehead atoms. The van der Waals surface area contributed by atoms with Crippen LogP contribution in [0.1, 0.15) is 38.0 Å². The van der Waals surface area contributed by atoms with Crippen LogP contribution in [0.25, 0.3) is 5.82 Å². The summed E-state index contributed by atoms with van der Waals surface area (Å²) in [5.41, 5.74) is 8.01. The van der Waals surface area contributed by atoms with Crippen molar-refractivity contribution < 1.29 is 4.74 Å². The van der Waals surface area contributed by atoms with Gasteiger partial charge in [0.05, 0.1) is 5.69 Å². The van der Waals surface area contributed by atoms with Crippen molar-refractivity contribution in [1.82, 2.24) is 19.7 Å². The first kappa shape index (κ1) is 14.5. The van der Waals surface area contributed by atoms with E-state index in [1.807, 2.05) is 11.6 Å². The second-order valence-electron chi connectivity index (χ2n) is 4.45. The molecule has 20 heavy (non-hydrogen) atoms. The van der Waals surface area contributed by atoms with Gasteiger partial charge in [-0.3, -0.25) is 0 Å². The molecule has 0 amide bonds. The molecule has 0 saturated carbocycles. The van der Waals surface area contributed by atoms with Gasteiger partial charge in [0, 0.05) is 18.4 Å². The molecule has 0 atom stereocenters. The standard InChI is InChI=1S/C14H21N5O/c1-4-10-7-11(5-2)19(18-10)14-8-12(15)16-13(17-14)9-20-6-3/h7-8H,4-6,9H2,1-3H3,(H2,15,16,17). The Morgan fingerprint density at radius 2 is 1.95 bits per heavy atom. The Balaban J connectivity index is 2.40. The number of anilines is 1. The molecule has 0 saturated heterocycles. The Hall–Kier alpha value is -1.95. The van der Waals surface area contributed by atoms with Gasteiger partial charge in [0.1, 0.15) is 12.4 Å². The van der Waals surface area contributed by atoms with Crippen molar-refractivity contribution in [1.29, 1.82) is 0 Å². The number of nitrogens with zero attached hydrogens (tertiary/aromatic N) is 4. The monoisotopic (exact) mass is 275 g/mol. The summed E-state index contributed by atoms with van der Waals surface area (Å²) < 4.78 is 7.18. The van der Waals surface area contributed by atoms with Crippen molar-refractivity contribution in [3.8, 4) is 5.82 Å². The molecule has 2 heterocycles. The molecule has 2 rings (SSSR count). The topological polar surface area (TPSA) is 78.9 Å². The summed E-state index contributed by atoms with van der Waals surface area (Å²) in [6.45, 7) is 7.09. The molecule has 108 valence electrons. The molecular formula is C14H21N5O. The van der Waals surface area contributed by atoms with Gasteiger partial charge in [0.2, 0.25) is 0 Å². The Morgan fingerprint density at radius 3 is 2.60 bits per heavy atom. The predicted molar refractivity (Wildman–Crippen MR) is 77.7 cm³/mol. The van der Waals surface area contributed by atoms with Gasteiger partial charge in [-0.15, -0.1) is 0 Å². The van der Waals surface area contributed by atoms with E-state index in [0.29, 0.717) is 30.7 Å². The Morgan fingerprint density at radius 1 is 1.15 bits per heavy atom. The average molecular weight is 275 g/mol. The smallest absolute Gasteiger partial charge is 0.159 e. The van der Waals surface area contributed by atoms with E-state index in [1.165, 1.54) is 0 Å². The molecule has 0 spiro atoms. The van der Waals surface area contributed by atoms with Crippen molar-refractivity contribution in [3.63, 3.8) is 0 Å². The number of hydrogen-bond acceptors (Lipinski definition) is 5. The Bertz CT molecular complexity index is 579. The number of ether oxygens (including phenoxy) is 1. The minimum absolute atomic E-state index is 0.359. The lowest BCUT2D eigenvalue weighted by atomic mass is 10.2. The fraction of sp³-hybridized carbons (Fsp3) is 0.500. The lowest BCUT2D eigenvalue weighted by molar-refractivity contribution is 0.128. The van der Waals surface area contributed by atoms with E-state index in [1.54, 1.807) is 6.07 Å². The van der Waals surface area contributed by atoms with Crippen molar-refractivity contribution >= 4 is 5.82 Å². The zero-order valence-corrected chi connectivity index (χ0v) is 12.3. The van der Waals surface area contributed by atoms with Crippen LogP contribution in [-0.4, -0.2) is 26.4 Å². The van der Waals surface area contributed by atoms with Crippen molar-refractivity contribution in [2.45, 2.75) is 40.2 Å². The second-order valence-corrected chi connectivity index (χ2v) is 4.45.